The number of nitrogens with zero attached hydrogens (tertiary/aromatic N) is 5. The van der Waals surface area contributed by atoms with Crippen molar-refractivity contribution in [3.63, 3.8) is 0 Å². The fourth-order valence-corrected chi connectivity index (χ4v) is 2.79. The van der Waals surface area contributed by atoms with Crippen molar-refractivity contribution >= 4 is 0 Å². The molecule has 0 aliphatic carbocycles. The van der Waals surface area contributed by atoms with Crippen LogP contribution >= 0.6 is 0 Å². The summed E-state index contributed by atoms with van der Waals surface area (Å²) >= 11 is 0. The Balaban J connectivity index is 1.72. The molecule has 2 aromatic rings. The van der Waals surface area contributed by atoms with Gasteiger partial charge < -0.3 is 14.3 Å². The summed E-state index contributed by atoms with van der Waals surface area (Å²) in [6.07, 6.45) is 2.37. The van der Waals surface area contributed by atoms with E-state index < -0.39 is 0 Å². The first kappa shape index (κ1) is 15.8. The maximum absolute atomic E-state index is 11.7. The third-order valence-corrected chi connectivity index (χ3v) is 4.00. The van der Waals surface area contributed by atoms with Crippen LogP contribution in [0.1, 0.15) is 37.3 Å². The summed E-state index contributed by atoms with van der Waals surface area (Å²) in [5.74, 6) is 1.55. The van der Waals surface area contributed by atoms with Crippen LogP contribution in [0.25, 0.3) is 0 Å². The van der Waals surface area contributed by atoms with Gasteiger partial charge in [0, 0.05) is 31.4 Å². The van der Waals surface area contributed by atoms with Crippen molar-refractivity contribution in [3.05, 3.63) is 40.1 Å². The highest BCUT2D eigenvalue weighted by atomic mass is 16.5. The van der Waals surface area contributed by atoms with E-state index in [1.165, 1.54) is 0 Å². The molecule has 124 valence electrons. The highest BCUT2D eigenvalue weighted by molar-refractivity contribution is 5.03. The maximum atomic E-state index is 11.7. The van der Waals surface area contributed by atoms with Gasteiger partial charge in [0.25, 0.3) is 5.56 Å². The predicted molar refractivity (Wildman–Crippen MR) is 83.9 cm³/mol. The zero-order valence-corrected chi connectivity index (χ0v) is 13.5. The number of hydrogen-bond acceptors (Lipinski definition) is 6. The van der Waals surface area contributed by atoms with Crippen LogP contribution in [0.2, 0.25) is 0 Å². The van der Waals surface area contributed by atoms with E-state index in [4.69, 9.17) is 4.74 Å². The Kier molecular flexibility index (Phi) is 4.82. The Hall–Kier alpha value is -2.06. The molecule has 8 heteroatoms. The quantitative estimate of drug-likeness (QED) is 0.864. The highest BCUT2D eigenvalue weighted by Crippen LogP contribution is 2.21. The molecule has 0 unspecified atom stereocenters. The number of rotatable bonds is 5. The zero-order valence-electron chi connectivity index (χ0n) is 13.5. The van der Waals surface area contributed by atoms with E-state index in [1.54, 1.807) is 12.4 Å². The van der Waals surface area contributed by atoms with Crippen LogP contribution in [0.15, 0.2) is 17.2 Å². The van der Waals surface area contributed by atoms with Crippen LogP contribution < -0.4 is 5.56 Å². The molecule has 0 amide bonds. The van der Waals surface area contributed by atoms with Gasteiger partial charge in [-0.1, -0.05) is 6.92 Å². The van der Waals surface area contributed by atoms with Gasteiger partial charge in [-0.15, -0.1) is 10.2 Å². The van der Waals surface area contributed by atoms with Gasteiger partial charge in [-0.3, -0.25) is 9.69 Å². The summed E-state index contributed by atoms with van der Waals surface area (Å²) < 4.78 is 7.84. The van der Waals surface area contributed by atoms with Crippen molar-refractivity contribution in [1.82, 2.24) is 29.6 Å². The first-order chi connectivity index (χ1) is 11.2. The van der Waals surface area contributed by atoms with Gasteiger partial charge in [-0.2, -0.15) is 0 Å². The van der Waals surface area contributed by atoms with Gasteiger partial charge in [0.15, 0.2) is 5.82 Å². The van der Waals surface area contributed by atoms with Gasteiger partial charge in [-0.05, 0) is 13.3 Å². The molecule has 1 fully saturated rings. The molecular weight excluding hydrogens is 296 g/mol. The lowest BCUT2D eigenvalue weighted by Gasteiger charge is -2.32. The molecule has 0 bridgehead atoms. The predicted octanol–water partition coefficient (Wildman–Crippen LogP) is 0.517. The van der Waals surface area contributed by atoms with Crippen molar-refractivity contribution in [2.45, 2.75) is 39.5 Å². The van der Waals surface area contributed by atoms with Crippen molar-refractivity contribution in [3.8, 4) is 0 Å². The first-order valence-electron chi connectivity index (χ1n) is 8.00. The molecule has 8 nitrogen and oxygen atoms in total. The number of hydrogen-bond donors (Lipinski definition) is 1. The molecule has 0 spiro atoms. The molecule has 3 rings (SSSR count). The molecule has 1 aliphatic rings. The Labute approximate surface area is 134 Å². The van der Waals surface area contributed by atoms with Crippen LogP contribution in [-0.2, 0) is 24.2 Å². The molecule has 1 atom stereocenters. The fourth-order valence-electron chi connectivity index (χ4n) is 2.79. The number of aryl methyl sites for hydroxylation is 2. The van der Waals surface area contributed by atoms with E-state index in [0.717, 1.165) is 31.0 Å². The van der Waals surface area contributed by atoms with Crippen molar-refractivity contribution in [1.29, 1.82) is 0 Å². The summed E-state index contributed by atoms with van der Waals surface area (Å²) in [6.45, 7) is 7.60. The number of aromatic amines is 1. The van der Waals surface area contributed by atoms with E-state index in [-0.39, 0.29) is 11.7 Å². The monoisotopic (exact) mass is 318 g/mol. The summed E-state index contributed by atoms with van der Waals surface area (Å²) in [7, 11) is 0. The first-order valence-corrected chi connectivity index (χ1v) is 8.00. The topological polar surface area (TPSA) is 88.9 Å². The number of H-pyrrole nitrogens is 1. The molecular formula is C15H22N6O2. The third-order valence-electron chi connectivity index (χ3n) is 4.00. The van der Waals surface area contributed by atoms with E-state index in [0.29, 0.717) is 25.5 Å². The second-order valence-electron chi connectivity index (χ2n) is 5.61. The van der Waals surface area contributed by atoms with Crippen molar-refractivity contribution < 1.29 is 4.74 Å². The largest absolute Gasteiger partial charge is 0.368 e. The zero-order chi connectivity index (χ0) is 16.2. The van der Waals surface area contributed by atoms with Crippen LogP contribution in [0.3, 0.4) is 0 Å². The summed E-state index contributed by atoms with van der Waals surface area (Å²) in [4.78, 5) is 21.2. The minimum atomic E-state index is -0.104. The lowest BCUT2D eigenvalue weighted by atomic mass is 10.2. The third kappa shape index (κ3) is 3.65. The minimum absolute atomic E-state index is 0.0950. The molecule has 2 aromatic heterocycles. The average Bonchev–Trinajstić information content (AvgIpc) is 3.03. The Bertz CT molecular complexity index is 710. The summed E-state index contributed by atoms with van der Waals surface area (Å²) in [5, 5.41) is 8.15. The molecule has 0 saturated carbocycles. The minimum Gasteiger partial charge on any atom is -0.368 e. The Morgan fingerprint density at radius 1 is 1.43 bits per heavy atom. The van der Waals surface area contributed by atoms with Gasteiger partial charge >= 0.3 is 0 Å². The molecule has 0 aromatic carbocycles. The number of aromatic nitrogens is 5. The average molecular weight is 318 g/mol. The SMILES string of the molecule is CCc1cc(=O)[nH]c(CN2CCO[C@H](c3nncn3CC)C2)n1. The standard InChI is InChI=1S/C15H22N6O2/c1-3-11-7-14(22)18-13(17-11)9-20-5-6-23-12(8-20)15-19-16-10-21(15)4-2/h7,10,12H,3-6,8-9H2,1-2H3,(H,17,18,22)/t12-/m0/s1. The molecule has 23 heavy (non-hydrogen) atoms. The molecule has 0 radical (unpaired) electrons. The van der Waals surface area contributed by atoms with Crippen LogP contribution in [0.5, 0.6) is 0 Å². The molecule has 1 saturated heterocycles. The van der Waals surface area contributed by atoms with Gasteiger partial charge in [-0.25, -0.2) is 4.98 Å². The highest BCUT2D eigenvalue weighted by Gasteiger charge is 2.26. The smallest absolute Gasteiger partial charge is 0.251 e. The van der Waals surface area contributed by atoms with Crippen LogP contribution in [0, 0.1) is 0 Å². The van der Waals surface area contributed by atoms with E-state index in [9.17, 15) is 4.79 Å². The summed E-state index contributed by atoms with van der Waals surface area (Å²) in [5.41, 5.74) is 0.724. The second-order valence-corrected chi connectivity index (χ2v) is 5.61. The van der Waals surface area contributed by atoms with Crippen molar-refractivity contribution in [2.24, 2.45) is 0 Å². The molecule has 1 N–H and O–H groups in total. The van der Waals surface area contributed by atoms with Crippen LogP contribution in [0.4, 0.5) is 0 Å². The van der Waals surface area contributed by atoms with E-state index >= 15 is 0 Å². The summed E-state index contributed by atoms with van der Waals surface area (Å²) in [6, 6.07) is 1.55. The van der Waals surface area contributed by atoms with Crippen LogP contribution in [-0.4, -0.2) is 49.3 Å². The van der Waals surface area contributed by atoms with Gasteiger partial charge in [0.2, 0.25) is 0 Å². The molecule has 1 aliphatic heterocycles. The number of ether oxygens (including phenoxy) is 1. The Morgan fingerprint density at radius 2 is 2.30 bits per heavy atom. The van der Waals surface area contributed by atoms with Gasteiger partial charge in [0.1, 0.15) is 18.3 Å². The second kappa shape index (κ2) is 7.01. The number of nitrogens with one attached hydrogen (secondary N) is 1. The fraction of sp³-hybridized carbons (Fsp3) is 0.600. The normalized spacial score (nSPS) is 19.1. The lowest BCUT2D eigenvalue weighted by Crippen LogP contribution is -2.39. The lowest BCUT2D eigenvalue weighted by molar-refractivity contribution is -0.0396. The van der Waals surface area contributed by atoms with Gasteiger partial charge in [0.05, 0.1) is 13.2 Å². The van der Waals surface area contributed by atoms with E-state index in [1.807, 2.05) is 11.5 Å². The Morgan fingerprint density at radius 3 is 3.09 bits per heavy atom. The van der Waals surface area contributed by atoms with Crippen molar-refractivity contribution in [2.75, 3.05) is 19.7 Å². The molecule has 3 heterocycles. The number of morpholine rings is 1. The maximum Gasteiger partial charge on any atom is 0.251 e. The van der Waals surface area contributed by atoms with E-state index in [2.05, 4.69) is 32.0 Å².